The number of hydrogen-bond donors (Lipinski definition) is 1. The van der Waals surface area contributed by atoms with Gasteiger partial charge in [-0.15, -0.1) is 0 Å². The summed E-state index contributed by atoms with van der Waals surface area (Å²) in [6.07, 6.45) is 5.04. The monoisotopic (exact) mass is 272 g/mol. The van der Waals surface area contributed by atoms with Crippen LogP contribution in [0.5, 0.6) is 0 Å². The average Bonchev–Trinajstić information content (AvgIpc) is 3.26. The highest BCUT2D eigenvalue weighted by Gasteiger charge is 2.43. The van der Waals surface area contributed by atoms with Crippen LogP contribution in [-0.4, -0.2) is 11.6 Å². The number of hydrazone groups is 1. The first-order valence-corrected chi connectivity index (χ1v) is 7.66. The lowest BCUT2D eigenvalue weighted by atomic mass is 10.1. The lowest BCUT2D eigenvalue weighted by molar-refractivity contribution is -0.122. The minimum atomic E-state index is 0.0727. The van der Waals surface area contributed by atoms with Crippen molar-refractivity contribution < 1.29 is 4.79 Å². The first-order chi connectivity index (χ1) is 9.76. The predicted molar refractivity (Wildman–Crippen MR) is 82.7 cm³/mol. The smallest absolute Gasteiger partial charge is 0.243 e. The number of rotatable bonds is 7. The van der Waals surface area contributed by atoms with Gasteiger partial charge in [-0.2, -0.15) is 5.10 Å². The highest BCUT2D eigenvalue weighted by Crippen LogP contribution is 2.47. The third-order valence-electron chi connectivity index (χ3n) is 3.76. The van der Waals surface area contributed by atoms with Gasteiger partial charge in [0.25, 0.3) is 0 Å². The fourth-order valence-electron chi connectivity index (χ4n) is 2.58. The zero-order valence-electron chi connectivity index (χ0n) is 12.4. The van der Waals surface area contributed by atoms with Crippen molar-refractivity contribution in [2.75, 3.05) is 0 Å². The second-order valence-electron chi connectivity index (χ2n) is 5.51. The van der Waals surface area contributed by atoms with Crippen molar-refractivity contribution in [2.24, 2.45) is 11.0 Å². The predicted octanol–water partition coefficient (Wildman–Crippen LogP) is 3.86. The van der Waals surface area contributed by atoms with Crippen molar-refractivity contribution in [1.82, 2.24) is 5.43 Å². The van der Waals surface area contributed by atoms with Crippen LogP contribution in [0.2, 0.25) is 0 Å². The van der Waals surface area contributed by atoms with Gasteiger partial charge in [-0.05, 0) is 30.7 Å². The molecule has 2 rings (SSSR count). The minimum Gasteiger partial charge on any atom is -0.273 e. The normalized spacial score (nSPS) is 20.3. The fourth-order valence-corrected chi connectivity index (χ4v) is 2.58. The van der Waals surface area contributed by atoms with E-state index in [0.717, 1.165) is 37.8 Å². The topological polar surface area (TPSA) is 41.5 Å². The van der Waals surface area contributed by atoms with Crippen LogP contribution in [0.3, 0.4) is 0 Å². The van der Waals surface area contributed by atoms with Gasteiger partial charge in [0.05, 0.1) is 0 Å². The minimum absolute atomic E-state index is 0.0727. The second kappa shape index (κ2) is 7.22. The number of carbonyl (C=O) groups excluding carboxylic acids is 1. The lowest BCUT2D eigenvalue weighted by Gasteiger charge is -2.05. The van der Waals surface area contributed by atoms with Gasteiger partial charge in [0.2, 0.25) is 5.91 Å². The van der Waals surface area contributed by atoms with E-state index in [4.69, 9.17) is 0 Å². The van der Waals surface area contributed by atoms with Gasteiger partial charge in [0.1, 0.15) is 0 Å². The Kier molecular flexibility index (Phi) is 5.33. The van der Waals surface area contributed by atoms with Crippen LogP contribution in [0.25, 0.3) is 0 Å². The molecule has 1 N–H and O–H groups in total. The Labute approximate surface area is 121 Å². The Balaban J connectivity index is 1.86. The average molecular weight is 272 g/mol. The fraction of sp³-hybridized carbons (Fsp3) is 0.529. The number of hydrogen-bond acceptors (Lipinski definition) is 2. The van der Waals surface area contributed by atoms with Gasteiger partial charge in [0, 0.05) is 11.6 Å². The summed E-state index contributed by atoms with van der Waals surface area (Å²) in [6, 6.07) is 10.3. The molecular formula is C17H24N2O. The summed E-state index contributed by atoms with van der Waals surface area (Å²) in [4.78, 5) is 12.1. The van der Waals surface area contributed by atoms with Gasteiger partial charge < -0.3 is 0 Å². The van der Waals surface area contributed by atoms with Crippen LogP contribution in [0.4, 0.5) is 0 Å². The largest absolute Gasteiger partial charge is 0.273 e. The van der Waals surface area contributed by atoms with Crippen LogP contribution in [-0.2, 0) is 4.79 Å². The third kappa shape index (κ3) is 3.92. The molecule has 3 nitrogen and oxygen atoms in total. The highest BCUT2D eigenvalue weighted by atomic mass is 16.2. The summed E-state index contributed by atoms with van der Waals surface area (Å²) in [7, 11) is 0. The Morgan fingerprint density at radius 2 is 1.85 bits per heavy atom. The summed E-state index contributed by atoms with van der Waals surface area (Å²) in [5, 5.41) is 4.31. The van der Waals surface area contributed by atoms with Gasteiger partial charge in [0.15, 0.2) is 0 Å². The summed E-state index contributed by atoms with van der Waals surface area (Å²) in [5.74, 6) is 0.557. The summed E-state index contributed by atoms with van der Waals surface area (Å²) < 4.78 is 0. The van der Waals surface area contributed by atoms with E-state index in [9.17, 15) is 4.79 Å². The molecule has 0 heterocycles. The van der Waals surface area contributed by atoms with Gasteiger partial charge >= 0.3 is 0 Å². The van der Waals surface area contributed by atoms with Crippen molar-refractivity contribution in [3.05, 3.63) is 35.9 Å². The standard InChI is InChI=1S/C17H24N2O/c1-3-8-14(9-4-2)18-19-17(20)16-12-15(16)13-10-6-5-7-11-13/h5-7,10-11,15-16H,3-4,8-9,12H2,1-2H3,(H,19,20). The van der Waals surface area contributed by atoms with Crippen LogP contribution in [0, 0.1) is 5.92 Å². The van der Waals surface area contributed by atoms with E-state index in [1.807, 2.05) is 18.2 Å². The van der Waals surface area contributed by atoms with E-state index < -0.39 is 0 Å². The number of nitrogens with zero attached hydrogens (tertiary/aromatic N) is 1. The molecule has 0 radical (unpaired) electrons. The van der Waals surface area contributed by atoms with Gasteiger partial charge in [-0.1, -0.05) is 57.0 Å². The molecule has 0 aromatic heterocycles. The molecule has 1 amide bonds. The molecule has 1 saturated carbocycles. The molecular weight excluding hydrogens is 248 g/mol. The maximum absolute atomic E-state index is 12.1. The Hall–Kier alpha value is -1.64. The SMILES string of the molecule is CCCC(CCC)=NNC(=O)C1CC1c1ccccc1. The zero-order valence-corrected chi connectivity index (χ0v) is 12.4. The first-order valence-electron chi connectivity index (χ1n) is 7.66. The second-order valence-corrected chi connectivity index (χ2v) is 5.51. The number of benzene rings is 1. The van der Waals surface area contributed by atoms with Crippen molar-refractivity contribution in [3.8, 4) is 0 Å². The molecule has 2 atom stereocenters. The van der Waals surface area contributed by atoms with E-state index in [1.54, 1.807) is 0 Å². The Morgan fingerprint density at radius 3 is 2.45 bits per heavy atom. The number of carbonyl (C=O) groups is 1. The summed E-state index contributed by atoms with van der Waals surface area (Å²) in [6.45, 7) is 4.28. The van der Waals surface area contributed by atoms with E-state index >= 15 is 0 Å². The molecule has 1 aromatic carbocycles. The van der Waals surface area contributed by atoms with E-state index in [-0.39, 0.29) is 11.8 Å². The van der Waals surface area contributed by atoms with Crippen molar-refractivity contribution in [3.63, 3.8) is 0 Å². The van der Waals surface area contributed by atoms with Crippen LogP contribution < -0.4 is 5.43 Å². The van der Waals surface area contributed by atoms with Crippen LogP contribution in [0.15, 0.2) is 35.4 Å². The van der Waals surface area contributed by atoms with Crippen molar-refractivity contribution >= 4 is 11.6 Å². The molecule has 20 heavy (non-hydrogen) atoms. The molecule has 3 heteroatoms. The molecule has 0 saturated heterocycles. The molecule has 1 fully saturated rings. The quantitative estimate of drug-likeness (QED) is 0.594. The maximum atomic E-state index is 12.1. The number of nitrogens with one attached hydrogen (secondary N) is 1. The Bertz CT molecular complexity index is 459. The molecule has 1 aromatic rings. The van der Waals surface area contributed by atoms with Crippen LogP contribution in [0.1, 0.15) is 57.4 Å². The summed E-state index contributed by atoms with van der Waals surface area (Å²) in [5.41, 5.74) is 5.14. The molecule has 2 unspecified atom stereocenters. The highest BCUT2D eigenvalue weighted by molar-refractivity contribution is 5.88. The van der Waals surface area contributed by atoms with E-state index in [0.29, 0.717) is 5.92 Å². The van der Waals surface area contributed by atoms with Crippen molar-refractivity contribution in [1.29, 1.82) is 0 Å². The molecule has 0 aliphatic heterocycles. The van der Waals surface area contributed by atoms with Gasteiger partial charge in [-0.25, -0.2) is 5.43 Å². The maximum Gasteiger partial charge on any atom is 0.243 e. The zero-order chi connectivity index (χ0) is 14.4. The van der Waals surface area contributed by atoms with E-state index in [1.165, 1.54) is 5.56 Å². The van der Waals surface area contributed by atoms with E-state index in [2.05, 4.69) is 36.5 Å². The van der Waals surface area contributed by atoms with Gasteiger partial charge in [-0.3, -0.25) is 4.79 Å². The molecule has 0 spiro atoms. The van der Waals surface area contributed by atoms with Crippen molar-refractivity contribution in [2.45, 2.75) is 51.9 Å². The lowest BCUT2D eigenvalue weighted by Crippen LogP contribution is -2.22. The molecule has 1 aliphatic rings. The Morgan fingerprint density at radius 1 is 1.20 bits per heavy atom. The van der Waals surface area contributed by atoms with Crippen LogP contribution >= 0.6 is 0 Å². The molecule has 0 bridgehead atoms. The third-order valence-corrected chi connectivity index (χ3v) is 3.76. The molecule has 108 valence electrons. The summed E-state index contributed by atoms with van der Waals surface area (Å²) >= 11 is 0. The molecule has 1 aliphatic carbocycles. The number of amides is 1. The first kappa shape index (κ1) is 14.8.